The summed E-state index contributed by atoms with van der Waals surface area (Å²) in [5, 5.41) is 11.3. The van der Waals surface area contributed by atoms with E-state index in [1.807, 2.05) is 6.26 Å². The molecule has 0 bridgehead atoms. The number of hydrogen-bond donors (Lipinski definition) is 2. The van der Waals surface area contributed by atoms with Gasteiger partial charge in [-0.15, -0.1) is 0 Å². The van der Waals surface area contributed by atoms with Crippen LogP contribution in [0.1, 0.15) is 12.0 Å². The van der Waals surface area contributed by atoms with Gasteiger partial charge in [-0.2, -0.15) is 11.8 Å². The highest BCUT2D eigenvalue weighted by Crippen LogP contribution is 2.10. The lowest BCUT2D eigenvalue weighted by Crippen LogP contribution is -2.42. The molecule has 0 saturated carbocycles. The summed E-state index contributed by atoms with van der Waals surface area (Å²) in [4.78, 5) is 22.6. The Morgan fingerprint density at radius 3 is 2.70 bits per heavy atom. The highest BCUT2D eigenvalue weighted by molar-refractivity contribution is 7.98. The fraction of sp³-hybridized carbons (Fsp3) is 0.385. The Bertz CT molecular complexity index is 497. The average molecular weight is 303 g/mol. The minimum atomic E-state index is -1.15. The third-order valence-corrected chi connectivity index (χ3v) is 3.25. The molecule has 7 heteroatoms. The van der Waals surface area contributed by atoms with E-state index in [4.69, 9.17) is 5.11 Å². The molecule has 1 aromatic rings. The molecule has 1 atom stereocenters. The smallest absolute Gasteiger partial charge is 0.326 e. The van der Waals surface area contributed by atoms with Crippen LogP contribution in [0.2, 0.25) is 0 Å². The first kappa shape index (κ1) is 16.4. The number of nitrogens with one attached hydrogen (secondary N) is 1. The van der Waals surface area contributed by atoms with Gasteiger partial charge in [0.2, 0.25) is 5.91 Å². The predicted octanol–water partition coefficient (Wildman–Crippen LogP) is 1.83. The van der Waals surface area contributed by atoms with Gasteiger partial charge in [-0.25, -0.2) is 13.6 Å². The fourth-order valence-electron chi connectivity index (χ4n) is 1.59. The van der Waals surface area contributed by atoms with Gasteiger partial charge in [0, 0.05) is 5.56 Å². The molecule has 1 amide bonds. The van der Waals surface area contributed by atoms with Crippen molar-refractivity contribution in [1.82, 2.24) is 5.32 Å². The van der Waals surface area contributed by atoms with Gasteiger partial charge in [-0.3, -0.25) is 4.79 Å². The van der Waals surface area contributed by atoms with Crippen LogP contribution < -0.4 is 5.32 Å². The summed E-state index contributed by atoms with van der Waals surface area (Å²) in [7, 11) is 0. The molecule has 1 aromatic carbocycles. The second-order valence-corrected chi connectivity index (χ2v) is 5.14. The van der Waals surface area contributed by atoms with E-state index in [-0.39, 0.29) is 12.0 Å². The van der Waals surface area contributed by atoms with Gasteiger partial charge in [-0.05, 0) is 36.6 Å². The number of thioether (sulfide) groups is 1. The van der Waals surface area contributed by atoms with E-state index < -0.39 is 36.0 Å². The van der Waals surface area contributed by atoms with E-state index in [1.165, 1.54) is 11.8 Å². The Morgan fingerprint density at radius 1 is 1.40 bits per heavy atom. The van der Waals surface area contributed by atoms with Gasteiger partial charge in [0.25, 0.3) is 0 Å². The Hall–Kier alpha value is -1.63. The topological polar surface area (TPSA) is 66.4 Å². The van der Waals surface area contributed by atoms with Crippen LogP contribution in [0.4, 0.5) is 8.78 Å². The maximum atomic E-state index is 13.4. The van der Waals surface area contributed by atoms with Crippen molar-refractivity contribution in [2.45, 2.75) is 18.9 Å². The van der Waals surface area contributed by atoms with Crippen LogP contribution in [-0.4, -0.2) is 35.0 Å². The predicted molar refractivity (Wildman–Crippen MR) is 72.6 cm³/mol. The van der Waals surface area contributed by atoms with Crippen molar-refractivity contribution in [1.29, 1.82) is 0 Å². The number of carbonyl (C=O) groups excluding carboxylic acids is 1. The van der Waals surface area contributed by atoms with E-state index in [2.05, 4.69) is 5.32 Å². The second kappa shape index (κ2) is 7.84. The maximum absolute atomic E-state index is 13.4. The number of halogens is 2. The molecule has 0 spiro atoms. The summed E-state index contributed by atoms with van der Waals surface area (Å²) in [6.07, 6.45) is 1.70. The van der Waals surface area contributed by atoms with E-state index in [0.717, 1.165) is 18.2 Å². The summed E-state index contributed by atoms with van der Waals surface area (Å²) in [5.41, 5.74) is -0.100. The molecule has 0 aliphatic heterocycles. The second-order valence-electron chi connectivity index (χ2n) is 4.15. The molecular formula is C13H15F2NO3S. The minimum Gasteiger partial charge on any atom is -0.480 e. The van der Waals surface area contributed by atoms with Crippen LogP contribution in [0, 0.1) is 11.6 Å². The van der Waals surface area contributed by atoms with Crippen LogP contribution >= 0.6 is 11.8 Å². The van der Waals surface area contributed by atoms with Crippen molar-refractivity contribution in [3.63, 3.8) is 0 Å². The largest absolute Gasteiger partial charge is 0.480 e. The van der Waals surface area contributed by atoms with Gasteiger partial charge in [0.05, 0.1) is 6.42 Å². The van der Waals surface area contributed by atoms with Gasteiger partial charge in [0.1, 0.15) is 17.7 Å². The summed E-state index contributed by atoms with van der Waals surface area (Å²) in [5.74, 6) is -2.56. The summed E-state index contributed by atoms with van der Waals surface area (Å²) in [6.45, 7) is 0. The third-order valence-electron chi connectivity index (χ3n) is 2.60. The van der Waals surface area contributed by atoms with E-state index in [1.54, 1.807) is 0 Å². The molecule has 0 unspecified atom stereocenters. The number of amides is 1. The number of carboxylic acid groups (broad SMARTS) is 1. The van der Waals surface area contributed by atoms with Crippen LogP contribution in [0.25, 0.3) is 0 Å². The monoisotopic (exact) mass is 303 g/mol. The summed E-state index contributed by atoms with van der Waals surface area (Å²) >= 11 is 1.46. The van der Waals surface area contributed by atoms with Crippen LogP contribution in [-0.2, 0) is 16.0 Å². The summed E-state index contributed by atoms with van der Waals surface area (Å²) in [6, 6.07) is 1.79. The van der Waals surface area contributed by atoms with Crippen molar-refractivity contribution in [3.05, 3.63) is 35.4 Å². The zero-order valence-corrected chi connectivity index (χ0v) is 11.7. The lowest BCUT2D eigenvalue weighted by molar-refractivity contribution is -0.141. The normalized spacial score (nSPS) is 11.9. The number of benzene rings is 1. The molecule has 0 radical (unpaired) electrons. The molecule has 20 heavy (non-hydrogen) atoms. The van der Waals surface area contributed by atoms with E-state index in [9.17, 15) is 18.4 Å². The fourth-order valence-corrected chi connectivity index (χ4v) is 2.06. The highest BCUT2D eigenvalue weighted by Gasteiger charge is 2.20. The van der Waals surface area contributed by atoms with Gasteiger partial charge in [-0.1, -0.05) is 0 Å². The molecule has 0 heterocycles. The first-order valence-electron chi connectivity index (χ1n) is 5.89. The number of aliphatic carboxylic acids is 1. The van der Waals surface area contributed by atoms with Gasteiger partial charge in [0.15, 0.2) is 0 Å². The molecule has 4 nitrogen and oxygen atoms in total. The van der Waals surface area contributed by atoms with Gasteiger partial charge < -0.3 is 10.4 Å². The molecule has 0 aliphatic carbocycles. The SMILES string of the molecule is CSCC[C@H](NC(=O)Cc1cc(F)ccc1F)C(=O)O. The van der Waals surface area contributed by atoms with E-state index >= 15 is 0 Å². The first-order chi connectivity index (χ1) is 9.43. The van der Waals surface area contributed by atoms with Crippen molar-refractivity contribution in [2.75, 3.05) is 12.0 Å². The van der Waals surface area contributed by atoms with Crippen molar-refractivity contribution < 1.29 is 23.5 Å². The zero-order valence-electron chi connectivity index (χ0n) is 10.9. The number of carbonyl (C=O) groups is 2. The molecule has 0 aromatic heterocycles. The van der Waals surface area contributed by atoms with Crippen LogP contribution in [0.15, 0.2) is 18.2 Å². The maximum Gasteiger partial charge on any atom is 0.326 e. The minimum absolute atomic E-state index is 0.100. The Balaban J connectivity index is 2.65. The number of rotatable bonds is 7. The molecule has 0 fully saturated rings. The van der Waals surface area contributed by atoms with Crippen LogP contribution in [0.3, 0.4) is 0 Å². The Labute approximate surface area is 119 Å². The zero-order chi connectivity index (χ0) is 15.1. The number of carboxylic acids is 1. The molecule has 110 valence electrons. The molecular weight excluding hydrogens is 288 g/mol. The van der Waals surface area contributed by atoms with Crippen molar-refractivity contribution >= 4 is 23.6 Å². The number of hydrogen-bond acceptors (Lipinski definition) is 3. The molecule has 0 saturated heterocycles. The standard InChI is InChI=1S/C13H15F2NO3S/c1-20-5-4-11(13(18)19)16-12(17)7-8-6-9(14)2-3-10(8)15/h2-3,6,11H,4-5,7H2,1H3,(H,16,17)(H,18,19)/t11-/m0/s1. The highest BCUT2D eigenvalue weighted by atomic mass is 32.2. The van der Waals surface area contributed by atoms with Crippen molar-refractivity contribution in [3.8, 4) is 0 Å². The Kier molecular flexibility index (Phi) is 6.44. The molecule has 2 N–H and O–H groups in total. The summed E-state index contributed by atoms with van der Waals surface area (Å²) < 4.78 is 26.3. The first-order valence-corrected chi connectivity index (χ1v) is 7.28. The molecule has 1 rings (SSSR count). The molecule has 0 aliphatic rings. The quantitative estimate of drug-likeness (QED) is 0.806. The lowest BCUT2D eigenvalue weighted by atomic mass is 10.1. The van der Waals surface area contributed by atoms with Crippen LogP contribution in [0.5, 0.6) is 0 Å². The average Bonchev–Trinajstić information content (AvgIpc) is 2.38. The lowest BCUT2D eigenvalue weighted by Gasteiger charge is -2.14. The van der Waals surface area contributed by atoms with Crippen molar-refractivity contribution in [2.24, 2.45) is 0 Å². The Morgan fingerprint density at radius 2 is 2.10 bits per heavy atom. The van der Waals surface area contributed by atoms with E-state index in [0.29, 0.717) is 5.75 Å². The van der Waals surface area contributed by atoms with Gasteiger partial charge >= 0.3 is 5.97 Å². The third kappa shape index (κ3) is 5.16.